The number of nitrogens with zero attached hydrogens (tertiary/aromatic N) is 1. The molecule has 2 atom stereocenters. The van der Waals surface area contributed by atoms with E-state index in [1.54, 1.807) is 7.11 Å². The fourth-order valence-corrected chi connectivity index (χ4v) is 3.86. The third kappa shape index (κ3) is 2.62. The van der Waals surface area contributed by atoms with E-state index in [4.69, 9.17) is 4.74 Å². The summed E-state index contributed by atoms with van der Waals surface area (Å²) < 4.78 is 5.38. The largest absolute Gasteiger partial charge is 0.497 e. The van der Waals surface area contributed by atoms with Gasteiger partial charge >= 0.3 is 0 Å². The second-order valence-electron chi connectivity index (χ2n) is 6.58. The number of methoxy groups -OCH3 is 1. The van der Waals surface area contributed by atoms with Crippen molar-refractivity contribution in [1.82, 2.24) is 0 Å². The number of ether oxygens (including phenoxy) is 1. The fourth-order valence-electron chi connectivity index (χ4n) is 3.86. The first-order valence-electron chi connectivity index (χ1n) is 8.56. The fraction of sp³-hybridized carbons (Fsp3) is 0.350. The van der Waals surface area contributed by atoms with Gasteiger partial charge in [-0.3, -0.25) is 4.79 Å². The van der Waals surface area contributed by atoms with Gasteiger partial charge in [0.2, 0.25) is 5.91 Å². The molecule has 1 aliphatic carbocycles. The number of hydrogen-bond donors (Lipinski definition) is 1. The maximum Gasteiger partial charge on any atom is 0.232 e. The van der Waals surface area contributed by atoms with Crippen molar-refractivity contribution >= 4 is 17.3 Å². The first kappa shape index (κ1) is 15.1. The van der Waals surface area contributed by atoms with Crippen LogP contribution in [0.2, 0.25) is 0 Å². The lowest BCUT2D eigenvalue weighted by molar-refractivity contribution is -0.122. The second-order valence-corrected chi connectivity index (χ2v) is 6.58. The Kier molecular flexibility index (Phi) is 3.89. The van der Waals surface area contributed by atoms with Crippen molar-refractivity contribution in [2.24, 2.45) is 5.92 Å². The first-order chi connectivity index (χ1) is 11.8. The van der Waals surface area contributed by atoms with Gasteiger partial charge in [-0.05, 0) is 30.5 Å². The molecule has 0 aromatic heterocycles. The average Bonchev–Trinajstić information content (AvgIpc) is 3.05. The number of amides is 1. The van der Waals surface area contributed by atoms with Crippen LogP contribution in [0.25, 0.3) is 0 Å². The minimum atomic E-state index is 0.0621. The zero-order valence-electron chi connectivity index (χ0n) is 13.9. The number of carbonyl (C=O) groups is 1. The Hall–Kier alpha value is -2.49. The normalized spacial score (nSPS) is 22.4. The highest BCUT2D eigenvalue weighted by Crippen LogP contribution is 2.40. The first-order valence-corrected chi connectivity index (χ1v) is 8.56. The van der Waals surface area contributed by atoms with Gasteiger partial charge in [-0.15, -0.1) is 0 Å². The lowest BCUT2D eigenvalue weighted by atomic mass is 10.0. The molecule has 0 radical (unpaired) electrons. The van der Waals surface area contributed by atoms with E-state index in [1.807, 2.05) is 41.3 Å². The smallest absolute Gasteiger partial charge is 0.232 e. The Labute approximate surface area is 142 Å². The van der Waals surface area contributed by atoms with Crippen LogP contribution in [0.15, 0.2) is 48.5 Å². The molecule has 1 aliphatic heterocycles. The average molecular weight is 322 g/mol. The van der Waals surface area contributed by atoms with Crippen molar-refractivity contribution in [1.29, 1.82) is 0 Å². The topological polar surface area (TPSA) is 41.6 Å². The minimum absolute atomic E-state index is 0.0621. The quantitative estimate of drug-likeness (QED) is 0.934. The number of anilines is 2. The molecule has 2 aromatic carbocycles. The van der Waals surface area contributed by atoms with Gasteiger partial charge in [0, 0.05) is 12.1 Å². The zero-order chi connectivity index (χ0) is 16.5. The van der Waals surface area contributed by atoms with E-state index in [2.05, 4.69) is 17.4 Å². The van der Waals surface area contributed by atoms with E-state index in [1.165, 1.54) is 0 Å². The summed E-state index contributed by atoms with van der Waals surface area (Å²) in [7, 11) is 1.66. The second kappa shape index (κ2) is 6.19. The summed E-state index contributed by atoms with van der Waals surface area (Å²) in [5.41, 5.74) is 3.07. The van der Waals surface area contributed by atoms with Crippen LogP contribution >= 0.6 is 0 Å². The number of fused-ring (bicyclic) bond motifs is 2. The van der Waals surface area contributed by atoms with Crippen molar-refractivity contribution < 1.29 is 9.53 Å². The van der Waals surface area contributed by atoms with Crippen molar-refractivity contribution in [3.05, 3.63) is 54.1 Å². The summed E-state index contributed by atoms with van der Waals surface area (Å²) in [6.45, 7) is 0.588. The Bertz CT molecular complexity index is 745. The molecule has 1 fully saturated rings. The molecule has 2 aliphatic rings. The van der Waals surface area contributed by atoms with Gasteiger partial charge in [0.25, 0.3) is 0 Å². The van der Waals surface area contributed by atoms with E-state index in [9.17, 15) is 4.79 Å². The molecule has 0 bridgehead atoms. The molecule has 2 aromatic rings. The van der Waals surface area contributed by atoms with E-state index in [0.29, 0.717) is 6.54 Å². The van der Waals surface area contributed by atoms with Crippen LogP contribution in [-0.4, -0.2) is 19.1 Å². The van der Waals surface area contributed by atoms with Gasteiger partial charge < -0.3 is 15.0 Å². The number of hydrogen-bond acceptors (Lipinski definition) is 3. The molecule has 0 unspecified atom stereocenters. The predicted molar refractivity (Wildman–Crippen MR) is 95.4 cm³/mol. The van der Waals surface area contributed by atoms with E-state index in [0.717, 1.165) is 42.0 Å². The van der Waals surface area contributed by atoms with Gasteiger partial charge in [-0.2, -0.15) is 0 Å². The summed E-state index contributed by atoms with van der Waals surface area (Å²) in [5, 5.41) is 3.60. The monoisotopic (exact) mass is 322 g/mol. The molecule has 124 valence electrons. The summed E-state index contributed by atoms with van der Waals surface area (Å²) in [4.78, 5) is 15.2. The van der Waals surface area contributed by atoms with Gasteiger partial charge in [0.05, 0.1) is 30.9 Å². The lowest BCUT2D eigenvalue weighted by Crippen LogP contribution is -2.38. The van der Waals surface area contributed by atoms with Crippen molar-refractivity contribution in [3.63, 3.8) is 0 Å². The summed E-state index contributed by atoms with van der Waals surface area (Å²) in [6.07, 6.45) is 3.13. The maximum absolute atomic E-state index is 13.2. The zero-order valence-corrected chi connectivity index (χ0v) is 13.9. The Morgan fingerprint density at radius 3 is 2.79 bits per heavy atom. The Balaban J connectivity index is 1.77. The molecule has 1 saturated carbocycles. The van der Waals surface area contributed by atoms with E-state index in [-0.39, 0.29) is 17.9 Å². The molecule has 4 nitrogen and oxygen atoms in total. The van der Waals surface area contributed by atoms with Crippen molar-refractivity contribution in [2.45, 2.75) is 31.8 Å². The van der Waals surface area contributed by atoms with Gasteiger partial charge in [0.1, 0.15) is 5.75 Å². The molecule has 0 spiro atoms. The van der Waals surface area contributed by atoms with Crippen LogP contribution in [0.3, 0.4) is 0 Å². The number of rotatable bonds is 3. The van der Waals surface area contributed by atoms with Crippen molar-refractivity contribution in [2.75, 3.05) is 17.3 Å². The molecule has 1 heterocycles. The van der Waals surface area contributed by atoms with Crippen LogP contribution in [0.5, 0.6) is 5.75 Å². The van der Waals surface area contributed by atoms with Crippen LogP contribution in [-0.2, 0) is 11.3 Å². The predicted octanol–water partition coefficient (Wildman–Crippen LogP) is 3.82. The van der Waals surface area contributed by atoms with E-state index < -0.39 is 0 Å². The Morgan fingerprint density at radius 2 is 2.00 bits per heavy atom. The number of nitrogens with one attached hydrogen (secondary N) is 1. The molecule has 1 N–H and O–H groups in total. The standard InChI is InChI=1S/C20H22N2O2/c1-24-15-10-11-18-19(12-15)22(13-14-6-3-2-4-7-14)20(23)16-8-5-9-17(16)21-18/h2-4,6-7,10-12,16-17,21H,5,8-9,13H2,1H3/t16-,17+/m0/s1. The van der Waals surface area contributed by atoms with Crippen molar-refractivity contribution in [3.8, 4) is 5.75 Å². The molecular weight excluding hydrogens is 300 g/mol. The van der Waals surface area contributed by atoms with Crippen LogP contribution in [0, 0.1) is 5.92 Å². The van der Waals surface area contributed by atoms with Gasteiger partial charge in [-0.25, -0.2) is 0 Å². The molecule has 4 heteroatoms. The summed E-state index contributed by atoms with van der Waals surface area (Å²) in [6, 6.07) is 16.3. The van der Waals surface area contributed by atoms with Gasteiger partial charge in [-0.1, -0.05) is 36.8 Å². The molecule has 0 saturated heterocycles. The highest BCUT2D eigenvalue weighted by Gasteiger charge is 2.39. The Morgan fingerprint density at radius 1 is 1.17 bits per heavy atom. The molecular formula is C20H22N2O2. The van der Waals surface area contributed by atoms with Crippen LogP contribution < -0.4 is 15.0 Å². The molecule has 1 amide bonds. The SMILES string of the molecule is COc1ccc2c(c1)N(Cc1ccccc1)C(=O)[C@H]1CCC[C@H]1N2. The maximum atomic E-state index is 13.2. The number of carbonyl (C=O) groups excluding carboxylic acids is 1. The van der Waals surface area contributed by atoms with E-state index >= 15 is 0 Å². The lowest BCUT2D eigenvalue weighted by Gasteiger charge is -2.25. The van der Waals surface area contributed by atoms with Crippen LogP contribution in [0.1, 0.15) is 24.8 Å². The highest BCUT2D eigenvalue weighted by molar-refractivity contribution is 6.00. The highest BCUT2D eigenvalue weighted by atomic mass is 16.5. The summed E-state index contributed by atoms with van der Waals surface area (Å²) in [5.74, 6) is 1.06. The third-order valence-electron chi connectivity index (χ3n) is 5.12. The molecule has 24 heavy (non-hydrogen) atoms. The minimum Gasteiger partial charge on any atom is -0.497 e. The third-order valence-corrected chi connectivity index (χ3v) is 5.12. The van der Waals surface area contributed by atoms with Gasteiger partial charge in [0.15, 0.2) is 0 Å². The molecule has 4 rings (SSSR count). The summed E-state index contributed by atoms with van der Waals surface area (Å²) >= 11 is 0. The van der Waals surface area contributed by atoms with Crippen LogP contribution in [0.4, 0.5) is 11.4 Å². The number of benzene rings is 2.